The van der Waals surface area contributed by atoms with Crippen molar-refractivity contribution >= 4 is 11.5 Å². The van der Waals surface area contributed by atoms with Crippen LogP contribution >= 0.6 is 0 Å². The van der Waals surface area contributed by atoms with Crippen molar-refractivity contribution in [1.82, 2.24) is 20.2 Å². The number of nitrogens with zero attached hydrogens (tertiary/aromatic N) is 4. The van der Waals surface area contributed by atoms with Gasteiger partial charge in [0.25, 0.3) is 0 Å². The Morgan fingerprint density at radius 1 is 1.35 bits per heavy atom. The molecule has 0 aliphatic heterocycles. The van der Waals surface area contributed by atoms with Crippen LogP contribution in [0.1, 0.15) is 23.7 Å². The molecule has 1 aromatic heterocycles. The monoisotopic (exact) mass is 362 g/mol. The van der Waals surface area contributed by atoms with Crippen LogP contribution in [0.3, 0.4) is 0 Å². The van der Waals surface area contributed by atoms with E-state index >= 15 is 0 Å². The van der Waals surface area contributed by atoms with E-state index in [1.54, 1.807) is 7.05 Å². The molecule has 0 fully saturated rings. The second-order valence-electron chi connectivity index (χ2n) is 5.75. The highest BCUT2D eigenvalue weighted by Gasteiger charge is 2.29. The number of rotatable bonds is 8. The second kappa shape index (κ2) is 8.45. The molecule has 138 valence electrons. The lowest BCUT2D eigenvalue weighted by molar-refractivity contribution is -0.142. The van der Waals surface area contributed by atoms with Crippen molar-refractivity contribution in [3.63, 3.8) is 0 Å². The lowest BCUT2D eigenvalue weighted by Gasteiger charge is -2.21. The predicted octanol–water partition coefficient (Wildman–Crippen LogP) is 0.899. The number of aliphatic hydroxyl groups excluding tert-OH is 2. The van der Waals surface area contributed by atoms with Gasteiger partial charge in [0.2, 0.25) is 0 Å². The smallest absolute Gasteiger partial charge is 0.313 e. The number of carboxylic acids is 1. The molecule has 2 rings (SSSR count). The van der Waals surface area contributed by atoms with Gasteiger partial charge in [-0.1, -0.05) is 30.9 Å². The minimum Gasteiger partial charge on any atom is -0.481 e. The molecule has 0 spiro atoms. The summed E-state index contributed by atoms with van der Waals surface area (Å²) < 4.78 is 14.4. The summed E-state index contributed by atoms with van der Waals surface area (Å²) >= 11 is 0. The highest BCUT2D eigenvalue weighted by molar-refractivity contribution is 5.76. The zero-order valence-corrected chi connectivity index (χ0v) is 14.0. The third-order valence-electron chi connectivity index (χ3n) is 3.79. The molecule has 26 heavy (non-hydrogen) atoms. The van der Waals surface area contributed by atoms with Gasteiger partial charge in [-0.25, -0.2) is 9.07 Å². The van der Waals surface area contributed by atoms with Crippen LogP contribution in [0.15, 0.2) is 43.0 Å². The topological polar surface area (TPSA) is 121 Å². The number of aliphatic hydroxyl groups is 2. The quantitative estimate of drug-likeness (QED) is 0.597. The van der Waals surface area contributed by atoms with Gasteiger partial charge in [-0.15, -0.1) is 5.10 Å². The summed E-state index contributed by atoms with van der Waals surface area (Å²) in [4.78, 5) is 11.5. The van der Waals surface area contributed by atoms with Gasteiger partial charge in [0, 0.05) is 19.0 Å². The number of benzene rings is 1. The Bertz CT molecular complexity index is 803. The van der Waals surface area contributed by atoms with Gasteiger partial charge in [-0.05, 0) is 28.1 Å². The Morgan fingerprint density at radius 2 is 2.00 bits per heavy atom. The number of aromatic nitrogens is 4. The molecule has 0 amide bonds. The molecule has 0 bridgehead atoms. The number of aryl methyl sites for hydroxylation is 1. The maximum absolute atomic E-state index is 13.0. The van der Waals surface area contributed by atoms with Crippen molar-refractivity contribution in [2.75, 3.05) is 0 Å². The van der Waals surface area contributed by atoms with Crippen LogP contribution < -0.4 is 0 Å². The van der Waals surface area contributed by atoms with E-state index in [9.17, 15) is 24.5 Å². The molecule has 0 saturated heterocycles. The van der Waals surface area contributed by atoms with Gasteiger partial charge < -0.3 is 15.3 Å². The van der Waals surface area contributed by atoms with Gasteiger partial charge in [-0.2, -0.15) is 0 Å². The molecule has 0 aliphatic rings. The Balaban J connectivity index is 2.04. The number of halogens is 1. The summed E-state index contributed by atoms with van der Waals surface area (Å²) in [6, 6.07) is 4.82. The minimum absolute atomic E-state index is 0.227. The molecular weight excluding hydrogens is 343 g/mol. The average molecular weight is 362 g/mol. The first-order chi connectivity index (χ1) is 12.3. The fraction of sp³-hybridized carbons (Fsp3) is 0.294. The van der Waals surface area contributed by atoms with Crippen molar-refractivity contribution in [3.05, 3.63) is 60.2 Å². The first-order valence-corrected chi connectivity index (χ1v) is 7.73. The number of tetrazole rings is 1. The maximum atomic E-state index is 13.0. The molecule has 0 radical (unpaired) electrons. The normalized spacial score (nSPS) is 14.9. The molecule has 3 atom stereocenters. The minimum atomic E-state index is -1.37. The highest BCUT2D eigenvalue weighted by Crippen LogP contribution is 2.24. The summed E-state index contributed by atoms with van der Waals surface area (Å²) in [6.07, 6.45) is 0.128. The van der Waals surface area contributed by atoms with Crippen molar-refractivity contribution in [1.29, 1.82) is 0 Å². The first-order valence-electron chi connectivity index (χ1n) is 7.73. The van der Waals surface area contributed by atoms with Crippen LogP contribution in [-0.4, -0.2) is 53.7 Å². The summed E-state index contributed by atoms with van der Waals surface area (Å²) in [5.74, 6) is -2.66. The van der Waals surface area contributed by atoms with Crippen LogP contribution in [0, 0.1) is 5.82 Å². The number of hydrogen-bond acceptors (Lipinski definition) is 6. The standard InChI is InChI=1S/C17H19FN4O4/c1-10(16-19-20-21-22(16)2)3-8-13(23)9-14(24)15(17(25)26)11-4-6-12(18)7-5-11/h3-8,13-15,23-24H,1,9H2,2H3,(H,25,26). The van der Waals surface area contributed by atoms with Crippen LogP contribution in [0.25, 0.3) is 5.57 Å². The number of aliphatic carboxylic acids is 1. The molecule has 3 N–H and O–H groups in total. The van der Waals surface area contributed by atoms with E-state index in [1.165, 1.54) is 29.0 Å². The highest BCUT2D eigenvalue weighted by atomic mass is 19.1. The fourth-order valence-corrected chi connectivity index (χ4v) is 2.46. The third-order valence-corrected chi connectivity index (χ3v) is 3.79. The lowest BCUT2D eigenvalue weighted by atomic mass is 9.90. The Labute approximate surface area is 148 Å². The van der Waals surface area contributed by atoms with E-state index in [2.05, 4.69) is 22.1 Å². The average Bonchev–Trinajstić information content (AvgIpc) is 3.00. The Kier molecular flexibility index (Phi) is 6.31. The number of hydrogen-bond donors (Lipinski definition) is 3. The van der Waals surface area contributed by atoms with Crippen LogP contribution in [0.4, 0.5) is 4.39 Å². The SMILES string of the molecule is C=C(C=CC(O)CC(O)C(C(=O)O)c1ccc(F)cc1)c1nnnn1C. The van der Waals surface area contributed by atoms with Crippen molar-refractivity contribution in [2.45, 2.75) is 24.5 Å². The van der Waals surface area contributed by atoms with Crippen LogP contribution in [-0.2, 0) is 11.8 Å². The fourth-order valence-electron chi connectivity index (χ4n) is 2.46. The van der Waals surface area contributed by atoms with Crippen LogP contribution in [0.2, 0.25) is 0 Å². The molecule has 9 heteroatoms. The molecular formula is C17H19FN4O4. The van der Waals surface area contributed by atoms with Gasteiger partial charge in [0.1, 0.15) is 11.7 Å². The molecule has 0 saturated carbocycles. The van der Waals surface area contributed by atoms with Crippen molar-refractivity contribution in [3.8, 4) is 0 Å². The molecule has 8 nitrogen and oxygen atoms in total. The number of allylic oxidation sites excluding steroid dienone is 2. The van der Waals surface area contributed by atoms with Gasteiger partial charge in [0.05, 0.1) is 12.2 Å². The van der Waals surface area contributed by atoms with Crippen molar-refractivity contribution < 1.29 is 24.5 Å². The summed E-state index contributed by atoms with van der Waals surface area (Å²) in [5, 5.41) is 40.6. The van der Waals surface area contributed by atoms with E-state index in [1.807, 2.05) is 0 Å². The van der Waals surface area contributed by atoms with E-state index in [-0.39, 0.29) is 12.0 Å². The second-order valence-corrected chi connectivity index (χ2v) is 5.75. The summed E-state index contributed by atoms with van der Waals surface area (Å²) in [6.45, 7) is 3.77. The molecule has 0 aliphatic carbocycles. The largest absolute Gasteiger partial charge is 0.481 e. The Hall–Kier alpha value is -2.91. The summed E-state index contributed by atoms with van der Waals surface area (Å²) in [7, 11) is 1.63. The first kappa shape index (κ1) is 19.4. The maximum Gasteiger partial charge on any atom is 0.313 e. The molecule has 3 unspecified atom stereocenters. The lowest BCUT2D eigenvalue weighted by Crippen LogP contribution is -2.29. The molecule has 1 aromatic carbocycles. The Morgan fingerprint density at radius 3 is 2.54 bits per heavy atom. The van der Waals surface area contributed by atoms with Gasteiger partial charge in [0.15, 0.2) is 5.82 Å². The van der Waals surface area contributed by atoms with Gasteiger partial charge in [-0.3, -0.25) is 4.79 Å². The molecule has 1 heterocycles. The zero-order valence-electron chi connectivity index (χ0n) is 14.0. The zero-order chi connectivity index (χ0) is 19.3. The number of carbonyl (C=O) groups is 1. The summed E-state index contributed by atoms with van der Waals surface area (Å²) in [5.41, 5.74) is 0.691. The third kappa shape index (κ3) is 4.80. The van der Waals surface area contributed by atoms with E-state index < -0.39 is 29.9 Å². The predicted molar refractivity (Wildman–Crippen MR) is 90.4 cm³/mol. The van der Waals surface area contributed by atoms with Crippen LogP contribution in [0.5, 0.6) is 0 Å². The van der Waals surface area contributed by atoms with Crippen molar-refractivity contribution in [2.24, 2.45) is 7.05 Å². The van der Waals surface area contributed by atoms with E-state index in [0.29, 0.717) is 11.4 Å². The van der Waals surface area contributed by atoms with E-state index in [0.717, 1.165) is 12.1 Å². The van der Waals surface area contributed by atoms with Gasteiger partial charge >= 0.3 is 5.97 Å². The molecule has 2 aromatic rings. The number of carboxylic acid groups (broad SMARTS) is 1. The van der Waals surface area contributed by atoms with E-state index in [4.69, 9.17) is 0 Å².